The molecule has 0 saturated heterocycles. The number of pyridine rings is 1. The zero-order chi connectivity index (χ0) is 21.5. The van der Waals surface area contributed by atoms with Gasteiger partial charge in [-0.1, -0.05) is 34.1 Å². The molecule has 1 amide bonds. The summed E-state index contributed by atoms with van der Waals surface area (Å²) in [5.74, 6) is -0.409. The lowest BCUT2D eigenvalue weighted by Crippen LogP contribution is -2.16. The van der Waals surface area contributed by atoms with Crippen molar-refractivity contribution in [1.82, 2.24) is 19.6 Å². The Hall–Kier alpha value is -3.27. The normalized spacial score (nSPS) is 11.6. The second kappa shape index (κ2) is 7.52. The van der Waals surface area contributed by atoms with Gasteiger partial charge in [-0.25, -0.2) is 14.5 Å². The van der Waals surface area contributed by atoms with E-state index in [1.54, 1.807) is 49.4 Å². The number of halogens is 4. The number of fused-ring (bicyclic) bond motifs is 1. The van der Waals surface area contributed by atoms with E-state index in [0.717, 1.165) is 10.5 Å². The van der Waals surface area contributed by atoms with Gasteiger partial charge in [0.25, 0.3) is 5.91 Å². The minimum Gasteiger partial charge on any atom is -0.305 e. The molecular formula is C20H13BrF3N5O. The molecule has 1 N–H and O–H groups in total. The van der Waals surface area contributed by atoms with E-state index in [1.807, 2.05) is 0 Å². The van der Waals surface area contributed by atoms with Gasteiger partial charge in [-0.15, -0.1) is 0 Å². The molecule has 30 heavy (non-hydrogen) atoms. The Bertz CT molecular complexity index is 1250. The van der Waals surface area contributed by atoms with E-state index in [9.17, 15) is 18.0 Å². The van der Waals surface area contributed by atoms with Crippen LogP contribution in [0.25, 0.3) is 16.9 Å². The summed E-state index contributed by atoms with van der Waals surface area (Å²) in [7, 11) is 0. The molecule has 0 atom stereocenters. The maximum atomic E-state index is 13.7. The van der Waals surface area contributed by atoms with Crippen LogP contribution in [-0.4, -0.2) is 25.5 Å². The highest BCUT2D eigenvalue weighted by molar-refractivity contribution is 9.10. The molecule has 10 heteroatoms. The van der Waals surface area contributed by atoms with Gasteiger partial charge in [0, 0.05) is 21.8 Å². The lowest BCUT2D eigenvalue weighted by molar-refractivity contribution is -0.142. The SMILES string of the molecule is Cc1cccc(NC(=O)c2cc3nc(-c4ccc(Br)cc4)cc(C(F)(F)F)n3n2)n1. The molecule has 0 unspecified atom stereocenters. The van der Waals surface area contributed by atoms with Crippen molar-refractivity contribution >= 4 is 33.3 Å². The Labute approximate surface area is 176 Å². The third-order valence-electron chi connectivity index (χ3n) is 4.22. The maximum Gasteiger partial charge on any atom is 0.433 e. The zero-order valence-electron chi connectivity index (χ0n) is 15.4. The van der Waals surface area contributed by atoms with Crippen molar-refractivity contribution < 1.29 is 18.0 Å². The molecular weight excluding hydrogens is 463 g/mol. The molecule has 0 aliphatic carbocycles. The van der Waals surface area contributed by atoms with Crippen molar-refractivity contribution in [2.24, 2.45) is 0 Å². The number of hydrogen-bond donors (Lipinski definition) is 1. The Morgan fingerprint density at radius 1 is 1.07 bits per heavy atom. The number of amides is 1. The molecule has 152 valence electrons. The lowest BCUT2D eigenvalue weighted by atomic mass is 10.1. The Kier molecular flexibility index (Phi) is 5.02. The van der Waals surface area contributed by atoms with E-state index >= 15 is 0 Å². The number of nitrogens with zero attached hydrogens (tertiary/aromatic N) is 4. The fraction of sp³-hybridized carbons (Fsp3) is 0.100. The highest BCUT2D eigenvalue weighted by Gasteiger charge is 2.35. The molecule has 3 heterocycles. The van der Waals surface area contributed by atoms with E-state index in [1.165, 1.54) is 6.07 Å². The summed E-state index contributed by atoms with van der Waals surface area (Å²) in [5, 5.41) is 6.36. The molecule has 0 saturated carbocycles. The van der Waals surface area contributed by atoms with Crippen molar-refractivity contribution in [3.05, 3.63) is 76.2 Å². The predicted molar refractivity (Wildman–Crippen MR) is 108 cm³/mol. The van der Waals surface area contributed by atoms with E-state index in [-0.39, 0.29) is 22.9 Å². The fourth-order valence-corrected chi connectivity index (χ4v) is 3.11. The second-order valence-corrected chi connectivity index (χ2v) is 7.36. The molecule has 0 aliphatic heterocycles. The minimum atomic E-state index is -4.69. The van der Waals surface area contributed by atoms with Gasteiger partial charge in [0.2, 0.25) is 0 Å². The Morgan fingerprint density at radius 3 is 2.47 bits per heavy atom. The highest BCUT2D eigenvalue weighted by Crippen LogP contribution is 2.32. The van der Waals surface area contributed by atoms with Gasteiger partial charge < -0.3 is 5.32 Å². The summed E-state index contributed by atoms with van der Waals surface area (Å²) in [4.78, 5) is 20.9. The molecule has 0 bridgehead atoms. The first-order chi connectivity index (χ1) is 14.2. The molecule has 0 aliphatic rings. The molecule has 4 aromatic rings. The fourth-order valence-electron chi connectivity index (χ4n) is 2.85. The van der Waals surface area contributed by atoms with Gasteiger partial charge in [-0.3, -0.25) is 4.79 Å². The van der Waals surface area contributed by atoms with Crippen LogP contribution >= 0.6 is 15.9 Å². The number of benzene rings is 1. The van der Waals surface area contributed by atoms with Crippen LogP contribution in [0.3, 0.4) is 0 Å². The van der Waals surface area contributed by atoms with Gasteiger partial charge in [0.15, 0.2) is 17.0 Å². The Morgan fingerprint density at radius 2 is 1.80 bits per heavy atom. The van der Waals surface area contributed by atoms with Crippen molar-refractivity contribution in [3.8, 4) is 11.3 Å². The van der Waals surface area contributed by atoms with E-state index in [0.29, 0.717) is 15.8 Å². The number of anilines is 1. The number of rotatable bonds is 3. The van der Waals surface area contributed by atoms with Crippen molar-refractivity contribution in [2.45, 2.75) is 13.1 Å². The quantitative estimate of drug-likeness (QED) is 0.445. The van der Waals surface area contributed by atoms with Crippen LogP contribution in [0.5, 0.6) is 0 Å². The van der Waals surface area contributed by atoms with Crippen LogP contribution in [0.4, 0.5) is 19.0 Å². The monoisotopic (exact) mass is 475 g/mol. The van der Waals surface area contributed by atoms with Gasteiger partial charge in [-0.05, 0) is 37.3 Å². The van der Waals surface area contributed by atoms with Crippen LogP contribution in [0, 0.1) is 6.92 Å². The van der Waals surface area contributed by atoms with Crippen molar-refractivity contribution in [1.29, 1.82) is 0 Å². The van der Waals surface area contributed by atoms with Gasteiger partial charge >= 0.3 is 6.18 Å². The van der Waals surface area contributed by atoms with E-state index < -0.39 is 17.8 Å². The molecule has 1 aromatic carbocycles. The predicted octanol–water partition coefficient (Wildman–Crippen LogP) is 5.13. The number of alkyl halides is 3. The van der Waals surface area contributed by atoms with Crippen LogP contribution < -0.4 is 5.32 Å². The molecule has 0 radical (unpaired) electrons. The molecule has 3 aromatic heterocycles. The standard InChI is InChI=1S/C20H13BrF3N5O/c1-11-3-2-4-17(25-11)27-19(30)15-10-18-26-14(12-5-7-13(21)8-6-12)9-16(20(22,23)24)29(18)28-15/h2-10H,1H3,(H,25,27,30). The summed E-state index contributed by atoms with van der Waals surface area (Å²) >= 11 is 3.29. The summed E-state index contributed by atoms with van der Waals surface area (Å²) < 4.78 is 42.4. The first-order valence-electron chi connectivity index (χ1n) is 8.70. The molecule has 6 nitrogen and oxygen atoms in total. The maximum absolute atomic E-state index is 13.7. The van der Waals surface area contributed by atoms with Gasteiger partial charge in [0.05, 0.1) is 5.69 Å². The average molecular weight is 476 g/mol. The van der Waals surface area contributed by atoms with Crippen LogP contribution in [0.1, 0.15) is 21.9 Å². The van der Waals surface area contributed by atoms with E-state index in [2.05, 4.69) is 36.3 Å². The third-order valence-corrected chi connectivity index (χ3v) is 4.75. The molecule has 0 fully saturated rings. The summed E-state index contributed by atoms with van der Waals surface area (Å²) in [6.45, 7) is 1.75. The summed E-state index contributed by atoms with van der Waals surface area (Å²) in [5.41, 5.74) is -0.0210. The summed E-state index contributed by atoms with van der Waals surface area (Å²) in [6, 6.07) is 13.9. The first-order valence-corrected chi connectivity index (χ1v) is 9.49. The van der Waals surface area contributed by atoms with Crippen molar-refractivity contribution in [3.63, 3.8) is 0 Å². The van der Waals surface area contributed by atoms with Gasteiger partial charge in [-0.2, -0.15) is 18.3 Å². The molecule has 0 spiro atoms. The van der Waals surface area contributed by atoms with E-state index in [4.69, 9.17) is 0 Å². The van der Waals surface area contributed by atoms with Crippen LogP contribution in [-0.2, 0) is 6.18 Å². The topological polar surface area (TPSA) is 72.2 Å². The third kappa shape index (κ3) is 4.04. The number of nitrogens with one attached hydrogen (secondary N) is 1. The number of aromatic nitrogens is 4. The van der Waals surface area contributed by atoms with Crippen LogP contribution in [0.15, 0.2) is 59.1 Å². The number of carbonyl (C=O) groups is 1. The second-order valence-electron chi connectivity index (χ2n) is 6.45. The lowest BCUT2D eigenvalue weighted by Gasteiger charge is -2.11. The highest BCUT2D eigenvalue weighted by atomic mass is 79.9. The first kappa shape index (κ1) is 20.0. The smallest absolute Gasteiger partial charge is 0.305 e. The van der Waals surface area contributed by atoms with Crippen LogP contribution in [0.2, 0.25) is 0 Å². The summed E-state index contributed by atoms with van der Waals surface area (Å²) in [6.07, 6.45) is -4.69. The number of aryl methyl sites for hydroxylation is 1. The van der Waals surface area contributed by atoms with Crippen molar-refractivity contribution in [2.75, 3.05) is 5.32 Å². The Balaban J connectivity index is 1.78. The minimum absolute atomic E-state index is 0.0925. The zero-order valence-corrected chi connectivity index (χ0v) is 17.0. The number of hydrogen-bond acceptors (Lipinski definition) is 4. The van der Waals surface area contributed by atoms with Gasteiger partial charge in [0.1, 0.15) is 5.82 Å². The molecule has 4 rings (SSSR count). The number of carbonyl (C=O) groups excluding carboxylic acids is 1. The largest absolute Gasteiger partial charge is 0.433 e. The average Bonchev–Trinajstić information content (AvgIpc) is 3.11.